The van der Waals surface area contributed by atoms with Gasteiger partial charge >= 0.3 is 0 Å². The molecule has 1 fully saturated rings. The second-order valence-corrected chi connectivity index (χ2v) is 7.70. The van der Waals surface area contributed by atoms with Gasteiger partial charge in [-0.1, -0.05) is 18.5 Å². The van der Waals surface area contributed by atoms with E-state index < -0.39 is 0 Å². The smallest absolute Gasteiger partial charge is 0.274 e. The molecule has 0 bridgehead atoms. The van der Waals surface area contributed by atoms with Gasteiger partial charge in [-0.25, -0.2) is 4.98 Å². The Morgan fingerprint density at radius 2 is 1.81 bits per heavy atom. The molecule has 4 rings (SSSR count). The Hall–Kier alpha value is -2.05. The highest BCUT2D eigenvalue weighted by Crippen LogP contribution is 2.20. The number of halogens is 1. The summed E-state index contributed by atoms with van der Waals surface area (Å²) >= 11 is 5.97. The van der Waals surface area contributed by atoms with Crippen LogP contribution in [0.25, 0.3) is 0 Å². The highest BCUT2D eigenvalue weighted by atomic mass is 35.5. The van der Waals surface area contributed by atoms with Crippen LogP contribution in [0.15, 0.2) is 30.5 Å². The number of carbonyl (C=O) groups is 1. The molecule has 1 amide bonds. The van der Waals surface area contributed by atoms with Gasteiger partial charge in [0.1, 0.15) is 11.5 Å². The molecule has 1 saturated heterocycles. The van der Waals surface area contributed by atoms with E-state index in [2.05, 4.69) is 26.3 Å². The molecule has 0 saturated carbocycles. The monoisotopic (exact) mass is 387 g/mol. The third kappa shape index (κ3) is 3.96. The maximum atomic E-state index is 12.9. The fourth-order valence-electron chi connectivity index (χ4n) is 3.89. The number of aromatic nitrogens is 2. The number of imidazole rings is 1. The standard InChI is InChI=1S/C20H26ClN5O/c1-2-7-23-8-9-26-14-18(22-19(26)15-23)20(27)25-12-10-24(11-13-25)17-5-3-16(21)4-6-17/h3-6,14H,2,7-13,15H2,1H3. The van der Waals surface area contributed by atoms with Gasteiger partial charge in [-0.3, -0.25) is 9.69 Å². The van der Waals surface area contributed by atoms with E-state index in [1.807, 2.05) is 35.4 Å². The van der Waals surface area contributed by atoms with E-state index in [0.717, 1.165) is 62.2 Å². The average Bonchev–Trinajstić information content (AvgIpc) is 3.12. The summed E-state index contributed by atoms with van der Waals surface area (Å²) in [6.45, 7) is 9.15. The summed E-state index contributed by atoms with van der Waals surface area (Å²) in [5.41, 5.74) is 1.74. The Morgan fingerprint density at radius 1 is 1.07 bits per heavy atom. The van der Waals surface area contributed by atoms with Crippen LogP contribution in [-0.4, -0.2) is 64.5 Å². The molecule has 1 aromatic heterocycles. The molecule has 27 heavy (non-hydrogen) atoms. The minimum Gasteiger partial charge on any atom is -0.368 e. The lowest BCUT2D eigenvalue weighted by Crippen LogP contribution is -2.48. The quantitative estimate of drug-likeness (QED) is 0.809. The van der Waals surface area contributed by atoms with Crippen molar-refractivity contribution < 1.29 is 4.79 Å². The summed E-state index contributed by atoms with van der Waals surface area (Å²) in [6, 6.07) is 7.88. The molecule has 144 valence electrons. The van der Waals surface area contributed by atoms with Crippen LogP contribution in [0.4, 0.5) is 5.69 Å². The summed E-state index contributed by atoms with van der Waals surface area (Å²) < 4.78 is 2.14. The van der Waals surface area contributed by atoms with E-state index in [9.17, 15) is 4.79 Å². The number of benzene rings is 1. The molecule has 6 nitrogen and oxygen atoms in total. The van der Waals surface area contributed by atoms with Gasteiger partial charge in [0.2, 0.25) is 0 Å². The highest BCUT2D eigenvalue weighted by molar-refractivity contribution is 6.30. The Balaban J connectivity index is 1.38. The van der Waals surface area contributed by atoms with Crippen molar-refractivity contribution in [3.63, 3.8) is 0 Å². The first kappa shape index (κ1) is 18.3. The van der Waals surface area contributed by atoms with Gasteiger partial charge in [0.15, 0.2) is 0 Å². The maximum absolute atomic E-state index is 12.9. The summed E-state index contributed by atoms with van der Waals surface area (Å²) in [4.78, 5) is 24.2. The highest BCUT2D eigenvalue weighted by Gasteiger charge is 2.26. The molecule has 0 unspecified atom stereocenters. The third-order valence-electron chi connectivity index (χ3n) is 5.40. The largest absolute Gasteiger partial charge is 0.368 e. The number of anilines is 1. The Labute approximate surface area is 165 Å². The van der Waals surface area contributed by atoms with Gasteiger partial charge in [0, 0.05) is 56.2 Å². The molecular weight excluding hydrogens is 362 g/mol. The van der Waals surface area contributed by atoms with Gasteiger partial charge in [0.25, 0.3) is 5.91 Å². The molecule has 2 aliphatic heterocycles. The Morgan fingerprint density at radius 3 is 2.52 bits per heavy atom. The summed E-state index contributed by atoms with van der Waals surface area (Å²) in [5.74, 6) is 1.06. The third-order valence-corrected chi connectivity index (χ3v) is 5.65. The van der Waals surface area contributed by atoms with E-state index in [4.69, 9.17) is 11.6 Å². The zero-order chi connectivity index (χ0) is 18.8. The van der Waals surface area contributed by atoms with Crippen molar-refractivity contribution in [2.24, 2.45) is 0 Å². The van der Waals surface area contributed by atoms with Crippen molar-refractivity contribution in [3.05, 3.63) is 47.0 Å². The first-order valence-electron chi connectivity index (χ1n) is 9.72. The fourth-order valence-corrected chi connectivity index (χ4v) is 4.02. The van der Waals surface area contributed by atoms with Gasteiger partial charge in [-0.05, 0) is 37.2 Å². The lowest BCUT2D eigenvalue weighted by atomic mass is 10.2. The van der Waals surface area contributed by atoms with Crippen molar-refractivity contribution >= 4 is 23.2 Å². The molecule has 3 heterocycles. The number of carbonyl (C=O) groups excluding carboxylic acids is 1. The summed E-state index contributed by atoms with van der Waals surface area (Å²) in [6.07, 6.45) is 3.08. The molecule has 7 heteroatoms. The van der Waals surface area contributed by atoms with Gasteiger partial charge in [-0.2, -0.15) is 0 Å². The van der Waals surface area contributed by atoms with Crippen LogP contribution in [0.1, 0.15) is 29.7 Å². The van der Waals surface area contributed by atoms with Crippen LogP contribution in [0, 0.1) is 0 Å². The molecule has 0 aliphatic carbocycles. The molecule has 2 aromatic rings. The van der Waals surface area contributed by atoms with Crippen LogP contribution in [0.5, 0.6) is 0 Å². The number of piperazine rings is 1. The molecular formula is C20H26ClN5O. The van der Waals surface area contributed by atoms with Gasteiger partial charge < -0.3 is 14.4 Å². The van der Waals surface area contributed by atoms with Crippen LogP contribution in [0.2, 0.25) is 5.02 Å². The van der Waals surface area contributed by atoms with Gasteiger partial charge in [0.05, 0.1) is 6.54 Å². The van der Waals surface area contributed by atoms with Crippen LogP contribution in [-0.2, 0) is 13.1 Å². The number of amides is 1. The van der Waals surface area contributed by atoms with Gasteiger partial charge in [-0.15, -0.1) is 0 Å². The molecule has 0 radical (unpaired) electrons. The molecule has 0 atom stereocenters. The van der Waals surface area contributed by atoms with Crippen LogP contribution in [0.3, 0.4) is 0 Å². The van der Waals surface area contributed by atoms with E-state index >= 15 is 0 Å². The first-order valence-corrected chi connectivity index (χ1v) is 10.1. The fraction of sp³-hybridized carbons (Fsp3) is 0.500. The molecule has 0 spiro atoms. The van der Waals surface area contributed by atoms with E-state index in [1.54, 1.807) is 0 Å². The minimum absolute atomic E-state index is 0.0506. The second kappa shape index (κ2) is 7.90. The predicted octanol–water partition coefficient (Wildman–Crippen LogP) is 2.72. The van der Waals surface area contributed by atoms with Crippen molar-refractivity contribution in [2.75, 3.05) is 44.2 Å². The zero-order valence-corrected chi connectivity index (χ0v) is 16.5. The predicted molar refractivity (Wildman–Crippen MR) is 107 cm³/mol. The maximum Gasteiger partial charge on any atom is 0.274 e. The van der Waals surface area contributed by atoms with Crippen LogP contribution >= 0.6 is 11.6 Å². The van der Waals surface area contributed by atoms with Crippen molar-refractivity contribution in [3.8, 4) is 0 Å². The molecule has 2 aliphatic rings. The van der Waals surface area contributed by atoms with Crippen molar-refractivity contribution in [2.45, 2.75) is 26.4 Å². The number of fused-ring (bicyclic) bond motifs is 1. The van der Waals surface area contributed by atoms with Crippen molar-refractivity contribution in [1.82, 2.24) is 19.4 Å². The SMILES string of the molecule is CCCN1CCn2cc(C(=O)N3CCN(c4ccc(Cl)cc4)CC3)nc2C1. The number of nitrogens with zero attached hydrogens (tertiary/aromatic N) is 5. The average molecular weight is 388 g/mol. The first-order chi connectivity index (χ1) is 13.1. The summed E-state index contributed by atoms with van der Waals surface area (Å²) in [5, 5.41) is 0.744. The Bertz CT molecular complexity index is 795. The number of hydrogen-bond acceptors (Lipinski definition) is 4. The number of rotatable bonds is 4. The Kier molecular flexibility index (Phi) is 5.36. The lowest BCUT2D eigenvalue weighted by molar-refractivity contribution is 0.0741. The molecule has 1 aromatic carbocycles. The molecule has 0 N–H and O–H groups in total. The van der Waals surface area contributed by atoms with E-state index in [0.29, 0.717) is 18.8 Å². The zero-order valence-electron chi connectivity index (χ0n) is 15.8. The normalized spacial score (nSPS) is 17.9. The van der Waals surface area contributed by atoms with E-state index in [1.165, 1.54) is 0 Å². The van der Waals surface area contributed by atoms with Crippen molar-refractivity contribution in [1.29, 1.82) is 0 Å². The minimum atomic E-state index is 0.0506. The topological polar surface area (TPSA) is 44.6 Å². The van der Waals surface area contributed by atoms with E-state index in [-0.39, 0.29) is 5.91 Å². The van der Waals surface area contributed by atoms with Crippen LogP contribution < -0.4 is 4.90 Å². The lowest BCUT2D eigenvalue weighted by Gasteiger charge is -2.35. The summed E-state index contributed by atoms with van der Waals surface area (Å²) in [7, 11) is 0. The second-order valence-electron chi connectivity index (χ2n) is 7.27. The number of hydrogen-bond donors (Lipinski definition) is 0.